The predicted molar refractivity (Wildman–Crippen MR) is 75.8 cm³/mol. The van der Waals surface area contributed by atoms with Gasteiger partial charge in [-0.15, -0.1) is 0 Å². The molecule has 3 rings (SSSR count). The summed E-state index contributed by atoms with van der Waals surface area (Å²) in [5.74, 6) is 2.00. The molecule has 6 nitrogen and oxygen atoms in total. The van der Waals surface area contributed by atoms with E-state index in [1.807, 2.05) is 24.3 Å². The summed E-state index contributed by atoms with van der Waals surface area (Å²) in [6.07, 6.45) is 0. The SMILES string of the molecule is N/C(=N\O)c1ccccc1OCc1ccc2c(c1)OCO2. The van der Waals surface area contributed by atoms with Crippen LogP contribution in [0.1, 0.15) is 11.1 Å². The van der Waals surface area contributed by atoms with Crippen molar-refractivity contribution in [3.05, 3.63) is 53.6 Å². The highest BCUT2D eigenvalue weighted by Gasteiger charge is 2.14. The molecule has 0 fully saturated rings. The first kappa shape index (κ1) is 13.1. The molecule has 0 radical (unpaired) electrons. The summed E-state index contributed by atoms with van der Waals surface area (Å²) in [6, 6.07) is 12.7. The summed E-state index contributed by atoms with van der Waals surface area (Å²) in [7, 11) is 0. The molecule has 1 aliphatic rings. The van der Waals surface area contributed by atoms with Crippen molar-refractivity contribution in [2.24, 2.45) is 10.9 Å². The first-order chi connectivity index (χ1) is 10.3. The largest absolute Gasteiger partial charge is 0.488 e. The second kappa shape index (κ2) is 5.62. The molecule has 108 valence electrons. The van der Waals surface area contributed by atoms with Crippen molar-refractivity contribution in [3.8, 4) is 17.2 Å². The summed E-state index contributed by atoms with van der Waals surface area (Å²) < 4.78 is 16.3. The number of nitrogens with two attached hydrogens (primary N) is 1. The molecule has 0 spiro atoms. The fraction of sp³-hybridized carbons (Fsp3) is 0.133. The Hall–Kier alpha value is -2.89. The van der Waals surface area contributed by atoms with Crippen LogP contribution in [-0.4, -0.2) is 17.8 Å². The second-order valence-electron chi connectivity index (χ2n) is 4.46. The maximum atomic E-state index is 8.78. The molecular formula is C15H14N2O4. The van der Waals surface area contributed by atoms with E-state index in [1.165, 1.54) is 0 Å². The summed E-state index contributed by atoms with van der Waals surface area (Å²) in [5, 5.41) is 11.8. The molecule has 0 aromatic heterocycles. The number of rotatable bonds is 4. The van der Waals surface area contributed by atoms with Crippen LogP contribution in [-0.2, 0) is 6.61 Å². The molecule has 0 aliphatic carbocycles. The number of oxime groups is 1. The zero-order valence-electron chi connectivity index (χ0n) is 11.2. The van der Waals surface area contributed by atoms with Gasteiger partial charge >= 0.3 is 0 Å². The normalized spacial score (nSPS) is 13.2. The lowest BCUT2D eigenvalue weighted by Crippen LogP contribution is -2.14. The zero-order chi connectivity index (χ0) is 14.7. The minimum Gasteiger partial charge on any atom is -0.488 e. The van der Waals surface area contributed by atoms with Gasteiger partial charge in [0.2, 0.25) is 6.79 Å². The van der Waals surface area contributed by atoms with Gasteiger partial charge in [0.25, 0.3) is 0 Å². The summed E-state index contributed by atoms with van der Waals surface area (Å²) in [5.41, 5.74) is 7.10. The average Bonchev–Trinajstić information content (AvgIpc) is 3.00. The van der Waals surface area contributed by atoms with E-state index in [-0.39, 0.29) is 12.6 Å². The Balaban J connectivity index is 1.76. The molecule has 0 bridgehead atoms. The molecule has 21 heavy (non-hydrogen) atoms. The van der Waals surface area contributed by atoms with Crippen molar-refractivity contribution in [1.82, 2.24) is 0 Å². The van der Waals surface area contributed by atoms with Gasteiger partial charge < -0.3 is 25.2 Å². The van der Waals surface area contributed by atoms with Gasteiger partial charge in [-0.05, 0) is 29.8 Å². The van der Waals surface area contributed by atoms with Gasteiger partial charge in [-0.1, -0.05) is 23.4 Å². The molecule has 3 N–H and O–H groups in total. The van der Waals surface area contributed by atoms with Gasteiger partial charge in [-0.2, -0.15) is 0 Å². The van der Waals surface area contributed by atoms with E-state index in [0.717, 1.165) is 11.3 Å². The third-order valence-corrected chi connectivity index (χ3v) is 3.10. The van der Waals surface area contributed by atoms with Crippen LogP contribution < -0.4 is 19.9 Å². The van der Waals surface area contributed by atoms with E-state index in [9.17, 15) is 0 Å². The standard InChI is InChI=1S/C15H14N2O4/c16-15(17-18)11-3-1-2-4-12(11)19-8-10-5-6-13-14(7-10)21-9-20-13/h1-7,18H,8-9H2,(H2,16,17). The van der Waals surface area contributed by atoms with Crippen LogP contribution in [0.3, 0.4) is 0 Å². The first-order valence-electron chi connectivity index (χ1n) is 6.36. The van der Waals surface area contributed by atoms with E-state index in [0.29, 0.717) is 23.7 Å². The number of para-hydroxylation sites is 1. The van der Waals surface area contributed by atoms with Crippen molar-refractivity contribution in [2.75, 3.05) is 6.79 Å². The highest BCUT2D eigenvalue weighted by atomic mass is 16.7. The van der Waals surface area contributed by atoms with E-state index >= 15 is 0 Å². The molecule has 0 amide bonds. The van der Waals surface area contributed by atoms with Gasteiger partial charge in [-0.3, -0.25) is 0 Å². The van der Waals surface area contributed by atoms with Crippen molar-refractivity contribution < 1.29 is 19.4 Å². The van der Waals surface area contributed by atoms with Crippen LogP contribution in [0.5, 0.6) is 17.2 Å². The molecule has 6 heteroatoms. The Kier molecular flexibility index (Phi) is 3.51. The minimum atomic E-state index is 0.0105. The Labute approximate surface area is 121 Å². The van der Waals surface area contributed by atoms with E-state index in [2.05, 4.69) is 5.16 Å². The van der Waals surface area contributed by atoms with Gasteiger partial charge in [0, 0.05) is 0 Å². The molecular weight excluding hydrogens is 272 g/mol. The van der Waals surface area contributed by atoms with Crippen LogP contribution in [0.2, 0.25) is 0 Å². The van der Waals surface area contributed by atoms with Crippen LogP contribution in [0.15, 0.2) is 47.6 Å². The quantitative estimate of drug-likeness (QED) is 0.389. The fourth-order valence-electron chi connectivity index (χ4n) is 2.05. The molecule has 1 heterocycles. The summed E-state index contributed by atoms with van der Waals surface area (Å²) in [6.45, 7) is 0.582. The van der Waals surface area contributed by atoms with Crippen LogP contribution >= 0.6 is 0 Å². The minimum absolute atomic E-state index is 0.0105. The molecule has 0 unspecified atom stereocenters. The lowest BCUT2D eigenvalue weighted by Gasteiger charge is -2.10. The number of amidine groups is 1. The maximum absolute atomic E-state index is 8.78. The van der Waals surface area contributed by atoms with Gasteiger partial charge in [0.1, 0.15) is 12.4 Å². The molecule has 1 aliphatic heterocycles. The van der Waals surface area contributed by atoms with E-state index < -0.39 is 0 Å². The summed E-state index contributed by atoms with van der Waals surface area (Å²) in [4.78, 5) is 0. The van der Waals surface area contributed by atoms with E-state index in [1.54, 1.807) is 18.2 Å². The first-order valence-corrected chi connectivity index (χ1v) is 6.36. The van der Waals surface area contributed by atoms with Gasteiger partial charge in [0.15, 0.2) is 17.3 Å². The molecule has 0 saturated heterocycles. The molecule has 2 aromatic rings. The zero-order valence-corrected chi connectivity index (χ0v) is 11.2. The lowest BCUT2D eigenvalue weighted by atomic mass is 10.2. The Morgan fingerprint density at radius 3 is 2.86 bits per heavy atom. The number of fused-ring (bicyclic) bond motifs is 1. The van der Waals surface area contributed by atoms with Crippen molar-refractivity contribution in [1.29, 1.82) is 0 Å². The number of ether oxygens (including phenoxy) is 3. The van der Waals surface area contributed by atoms with Crippen molar-refractivity contribution >= 4 is 5.84 Å². The maximum Gasteiger partial charge on any atom is 0.231 e. The number of hydrogen-bond donors (Lipinski definition) is 2. The Bertz CT molecular complexity index is 685. The molecule has 2 aromatic carbocycles. The smallest absolute Gasteiger partial charge is 0.231 e. The predicted octanol–water partition coefficient (Wildman–Crippen LogP) is 2.09. The Morgan fingerprint density at radius 1 is 1.19 bits per heavy atom. The number of nitrogens with zero attached hydrogens (tertiary/aromatic N) is 1. The molecule has 0 atom stereocenters. The van der Waals surface area contributed by atoms with Crippen molar-refractivity contribution in [3.63, 3.8) is 0 Å². The van der Waals surface area contributed by atoms with Crippen LogP contribution in [0, 0.1) is 0 Å². The second-order valence-corrected chi connectivity index (χ2v) is 4.46. The summed E-state index contributed by atoms with van der Waals surface area (Å²) >= 11 is 0. The third-order valence-electron chi connectivity index (χ3n) is 3.10. The van der Waals surface area contributed by atoms with E-state index in [4.69, 9.17) is 25.2 Å². The molecule has 0 saturated carbocycles. The monoisotopic (exact) mass is 286 g/mol. The highest BCUT2D eigenvalue weighted by molar-refractivity contribution is 5.99. The topological polar surface area (TPSA) is 86.3 Å². The Morgan fingerprint density at radius 2 is 2.00 bits per heavy atom. The number of benzene rings is 2. The van der Waals surface area contributed by atoms with Crippen molar-refractivity contribution in [2.45, 2.75) is 6.61 Å². The highest BCUT2D eigenvalue weighted by Crippen LogP contribution is 2.32. The lowest BCUT2D eigenvalue weighted by molar-refractivity contribution is 0.174. The van der Waals surface area contributed by atoms with Crippen LogP contribution in [0.4, 0.5) is 0 Å². The third kappa shape index (κ3) is 2.69. The van der Waals surface area contributed by atoms with Gasteiger partial charge in [-0.25, -0.2) is 0 Å². The average molecular weight is 286 g/mol. The fourth-order valence-corrected chi connectivity index (χ4v) is 2.05. The van der Waals surface area contributed by atoms with Gasteiger partial charge in [0.05, 0.1) is 5.56 Å². The number of hydrogen-bond acceptors (Lipinski definition) is 5. The van der Waals surface area contributed by atoms with Crippen LogP contribution in [0.25, 0.3) is 0 Å².